The second-order valence-corrected chi connectivity index (χ2v) is 9.10. The molecule has 0 radical (unpaired) electrons. The molecule has 0 unspecified atom stereocenters. The van der Waals surface area contributed by atoms with Gasteiger partial charge < -0.3 is 0 Å². The molecule has 1 aliphatic heterocycles. The first-order valence-corrected chi connectivity index (χ1v) is 11.4. The Labute approximate surface area is 179 Å². The summed E-state index contributed by atoms with van der Waals surface area (Å²) in [4.78, 5) is 24.5. The van der Waals surface area contributed by atoms with Gasteiger partial charge >= 0.3 is 6.03 Å². The first-order valence-electron chi connectivity index (χ1n) is 9.37. The van der Waals surface area contributed by atoms with Crippen LogP contribution in [0, 0.1) is 0 Å². The Morgan fingerprint density at radius 1 is 1.07 bits per heavy atom. The van der Waals surface area contributed by atoms with Gasteiger partial charge in [-0.1, -0.05) is 54.1 Å². The number of carbonyl (C=O) groups is 1. The Morgan fingerprint density at radius 3 is 2.47 bits per heavy atom. The van der Waals surface area contributed by atoms with Gasteiger partial charge in [0.25, 0.3) is 0 Å². The highest BCUT2D eigenvalue weighted by atomic mass is 35.5. The van der Waals surface area contributed by atoms with Crippen LogP contribution in [0.5, 0.6) is 0 Å². The molecule has 0 saturated carbocycles. The molecule has 1 aliphatic rings. The number of urea groups is 1. The maximum atomic E-state index is 13.1. The summed E-state index contributed by atoms with van der Waals surface area (Å²) in [5, 5.41) is 0.163. The molecule has 1 aromatic heterocycles. The van der Waals surface area contributed by atoms with Crippen LogP contribution in [0.1, 0.15) is 18.1 Å². The van der Waals surface area contributed by atoms with Crippen LogP contribution in [-0.4, -0.2) is 31.0 Å². The number of hydrogen-bond acceptors (Lipinski definition) is 5. The first-order chi connectivity index (χ1) is 14.4. The molecule has 154 valence electrons. The van der Waals surface area contributed by atoms with Crippen molar-refractivity contribution in [2.75, 3.05) is 16.3 Å². The second-order valence-electron chi connectivity index (χ2n) is 6.81. The molecule has 9 heteroatoms. The molecule has 0 N–H and O–H groups in total. The molecule has 0 saturated heterocycles. The van der Waals surface area contributed by atoms with Crippen LogP contribution in [0.15, 0.2) is 66.0 Å². The van der Waals surface area contributed by atoms with Crippen LogP contribution in [0.4, 0.5) is 16.3 Å². The molecule has 7 nitrogen and oxygen atoms in total. The normalized spacial score (nSPS) is 14.0. The average molecular weight is 443 g/mol. The maximum absolute atomic E-state index is 13.1. The summed E-state index contributed by atoms with van der Waals surface area (Å²) in [6.45, 7) is 2.33. The van der Waals surface area contributed by atoms with Crippen LogP contribution in [-0.2, 0) is 22.1 Å². The number of nitrogens with zero attached hydrogens (tertiary/aromatic N) is 4. The van der Waals surface area contributed by atoms with Crippen LogP contribution in [0.25, 0.3) is 0 Å². The summed E-state index contributed by atoms with van der Waals surface area (Å²) in [6.07, 6.45) is 1.47. The highest BCUT2D eigenvalue weighted by molar-refractivity contribution is 7.90. The van der Waals surface area contributed by atoms with Crippen molar-refractivity contribution in [2.45, 2.75) is 24.4 Å². The summed E-state index contributed by atoms with van der Waals surface area (Å²) in [5.74, 6) is 0.103. The van der Waals surface area contributed by atoms with Gasteiger partial charge in [-0.05, 0) is 24.6 Å². The monoisotopic (exact) mass is 442 g/mol. The Hall–Kier alpha value is -2.97. The lowest BCUT2D eigenvalue weighted by atomic mass is 10.2. The maximum Gasteiger partial charge on any atom is 0.330 e. The molecular formula is C21H19ClN4O3S. The third-order valence-corrected chi connectivity index (χ3v) is 6.59. The first kappa shape index (κ1) is 20.3. The zero-order valence-corrected chi connectivity index (χ0v) is 17.8. The minimum Gasteiger partial charge on any atom is -0.288 e. The minimum atomic E-state index is -3.76. The zero-order chi connectivity index (χ0) is 21.3. The molecule has 3 aromatic rings. The Bertz CT molecular complexity index is 1200. The number of sulfone groups is 1. The quantitative estimate of drug-likeness (QED) is 0.556. The number of rotatable bonds is 5. The van der Waals surface area contributed by atoms with E-state index in [-0.39, 0.29) is 23.5 Å². The molecule has 4 rings (SSSR count). The summed E-state index contributed by atoms with van der Waals surface area (Å²) < 4.78 is 25.7. The van der Waals surface area contributed by atoms with E-state index < -0.39 is 9.84 Å². The van der Waals surface area contributed by atoms with Crippen molar-refractivity contribution in [3.8, 4) is 0 Å². The smallest absolute Gasteiger partial charge is 0.288 e. The van der Waals surface area contributed by atoms with E-state index in [2.05, 4.69) is 9.97 Å². The van der Waals surface area contributed by atoms with Gasteiger partial charge in [-0.15, -0.1) is 0 Å². The summed E-state index contributed by atoms with van der Waals surface area (Å²) in [5.41, 5.74) is 1.87. The predicted molar refractivity (Wildman–Crippen MR) is 115 cm³/mol. The summed E-state index contributed by atoms with van der Waals surface area (Å²) in [6, 6.07) is 15.6. The van der Waals surface area contributed by atoms with Crippen LogP contribution < -0.4 is 9.80 Å². The minimum absolute atomic E-state index is 0.202. The zero-order valence-electron chi connectivity index (χ0n) is 16.2. The van der Waals surface area contributed by atoms with Gasteiger partial charge in [-0.25, -0.2) is 23.2 Å². The van der Waals surface area contributed by atoms with Crippen molar-refractivity contribution in [1.82, 2.24) is 9.97 Å². The van der Waals surface area contributed by atoms with Crippen molar-refractivity contribution in [1.29, 1.82) is 0 Å². The number of aromatic nitrogens is 2. The molecule has 2 aromatic carbocycles. The molecule has 30 heavy (non-hydrogen) atoms. The number of amides is 2. The van der Waals surface area contributed by atoms with Crippen LogP contribution >= 0.6 is 11.6 Å². The topological polar surface area (TPSA) is 83.5 Å². The molecule has 0 atom stereocenters. The fraction of sp³-hybridized carbons (Fsp3) is 0.190. The van der Waals surface area contributed by atoms with Crippen molar-refractivity contribution < 1.29 is 13.2 Å². The Kier molecular flexibility index (Phi) is 5.44. The van der Waals surface area contributed by atoms with Gasteiger partial charge in [0, 0.05) is 18.3 Å². The molecule has 2 amide bonds. The van der Waals surface area contributed by atoms with Gasteiger partial charge in [0.1, 0.15) is 5.82 Å². The third kappa shape index (κ3) is 3.76. The van der Waals surface area contributed by atoms with Crippen LogP contribution in [0.3, 0.4) is 0 Å². The van der Waals surface area contributed by atoms with Gasteiger partial charge in [0.15, 0.2) is 0 Å². The summed E-state index contributed by atoms with van der Waals surface area (Å²) in [7, 11) is -3.76. The van der Waals surface area contributed by atoms with E-state index in [1.54, 1.807) is 55.5 Å². The predicted octanol–water partition coefficient (Wildman–Crippen LogP) is 4.07. The lowest BCUT2D eigenvalue weighted by molar-refractivity contribution is 0.250. The van der Waals surface area contributed by atoms with Gasteiger partial charge in [-0.3, -0.25) is 9.80 Å². The van der Waals surface area contributed by atoms with Crippen molar-refractivity contribution in [3.05, 3.63) is 76.9 Å². The number of para-hydroxylation sites is 1. The van der Waals surface area contributed by atoms with E-state index in [1.165, 1.54) is 16.0 Å². The highest BCUT2D eigenvalue weighted by Gasteiger charge is 2.34. The lowest BCUT2D eigenvalue weighted by Gasteiger charge is -2.35. The number of benzene rings is 2. The molecular weight excluding hydrogens is 424 g/mol. The van der Waals surface area contributed by atoms with Crippen molar-refractivity contribution in [2.24, 2.45) is 0 Å². The van der Waals surface area contributed by atoms with Crippen molar-refractivity contribution >= 4 is 39.0 Å². The van der Waals surface area contributed by atoms with E-state index in [0.29, 0.717) is 34.2 Å². The van der Waals surface area contributed by atoms with Crippen LogP contribution in [0.2, 0.25) is 5.02 Å². The van der Waals surface area contributed by atoms with Gasteiger partial charge in [-0.2, -0.15) is 0 Å². The van der Waals surface area contributed by atoms with E-state index in [9.17, 15) is 13.2 Å². The lowest BCUT2D eigenvalue weighted by Crippen LogP contribution is -2.48. The molecule has 0 spiro atoms. The SMILES string of the molecule is CCN1C(=O)N(c2ccccc2Cl)Cc2cnc(S(=O)(=O)Cc3ccccc3)nc21. The Morgan fingerprint density at radius 2 is 1.77 bits per heavy atom. The number of halogens is 1. The standard InChI is InChI=1S/C21H19ClN4O3S/c1-2-25-19-16(13-26(21(25)27)18-11-7-6-10-17(18)22)12-23-20(24-19)30(28,29)14-15-8-4-3-5-9-15/h3-12H,2,13-14H2,1H3. The van der Waals surface area contributed by atoms with Crippen molar-refractivity contribution in [3.63, 3.8) is 0 Å². The molecule has 0 aliphatic carbocycles. The largest absolute Gasteiger partial charge is 0.330 e. The van der Waals surface area contributed by atoms with E-state index in [0.717, 1.165) is 0 Å². The van der Waals surface area contributed by atoms with Gasteiger partial charge in [0.2, 0.25) is 15.0 Å². The molecule has 0 fully saturated rings. The van der Waals surface area contributed by atoms with E-state index in [1.807, 2.05) is 6.07 Å². The number of hydrogen-bond donors (Lipinski definition) is 0. The summed E-state index contributed by atoms with van der Waals surface area (Å²) >= 11 is 6.28. The van der Waals surface area contributed by atoms with E-state index in [4.69, 9.17) is 11.6 Å². The highest BCUT2D eigenvalue weighted by Crippen LogP contribution is 2.34. The number of fused-ring (bicyclic) bond motifs is 1. The van der Waals surface area contributed by atoms with Gasteiger partial charge in [0.05, 0.1) is 23.0 Å². The number of carbonyl (C=O) groups excluding carboxylic acids is 1. The Balaban J connectivity index is 1.71. The second kappa shape index (κ2) is 8.04. The van der Waals surface area contributed by atoms with E-state index >= 15 is 0 Å². The molecule has 0 bridgehead atoms. The average Bonchev–Trinajstić information content (AvgIpc) is 2.74. The third-order valence-electron chi connectivity index (χ3n) is 4.80. The number of anilines is 2. The fourth-order valence-corrected chi connectivity index (χ4v) is 4.79. The molecule has 2 heterocycles. The fourth-order valence-electron chi connectivity index (χ4n) is 3.35.